The summed E-state index contributed by atoms with van der Waals surface area (Å²) >= 11 is 3.59. The highest BCUT2D eigenvalue weighted by molar-refractivity contribution is 9.10. The number of nitrogens with one attached hydrogen (secondary N) is 2. The van der Waals surface area contributed by atoms with E-state index in [9.17, 15) is 4.79 Å². The van der Waals surface area contributed by atoms with Gasteiger partial charge in [0.1, 0.15) is 6.04 Å². The predicted octanol–water partition coefficient (Wildman–Crippen LogP) is 2.46. The molecule has 0 aliphatic carbocycles. The van der Waals surface area contributed by atoms with Crippen LogP contribution in [0.4, 0.5) is 5.69 Å². The Labute approximate surface area is 125 Å². The topological polar surface area (TPSA) is 59.0 Å². The summed E-state index contributed by atoms with van der Waals surface area (Å²) in [5.41, 5.74) is 4.86. The number of nitrogens with zero attached hydrogens (tertiary/aromatic N) is 2. The molecule has 0 saturated heterocycles. The first kappa shape index (κ1) is 13.3. The summed E-state index contributed by atoms with van der Waals surface area (Å²) in [7, 11) is 1.78. The molecular weight excluding hydrogens is 320 g/mol. The first-order valence-electron chi connectivity index (χ1n) is 6.35. The molecule has 6 heteroatoms. The van der Waals surface area contributed by atoms with Crippen LogP contribution in [0.3, 0.4) is 0 Å². The summed E-state index contributed by atoms with van der Waals surface area (Å²) in [6.07, 6.45) is 1.80. The average molecular weight is 335 g/mol. The molecule has 1 aliphatic heterocycles. The third-order valence-electron chi connectivity index (χ3n) is 3.75. The number of carbonyl (C=O) groups excluding carboxylic acids is 1. The normalized spacial score (nSPS) is 17.2. The Morgan fingerprint density at radius 1 is 1.40 bits per heavy atom. The molecule has 0 radical (unpaired) electrons. The molecule has 2 N–H and O–H groups in total. The zero-order valence-electron chi connectivity index (χ0n) is 11.5. The van der Waals surface area contributed by atoms with Gasteiger partial charge in [-0.1, -0.05) is 0 Å². The number of likely N-dealkylation sites (N-methyl/N-ethyl adjacent to an activating group) is 1. The number of anilines is 1. The Morgan fingerprint density at radius 2 is 2.15 bits per heavy atom. The summed E-state index contributed by atoms with van der Waals surface area (Å²) in [4.78, 5) is 16.2. The van der Waals surface area contributed by atoms with Crippen molar-refractivity contribution in [1.82, 2.24) is 14.9 Å². The van der Waals surface area contributed by atoms with Crippen molar-refractivity contribution in [2.45, 2.75) is 19.9 Å². The van der Waals surface area contributed by atoms with E-state index in [0.717, 1.165) is 32.8 Å². The van der Waals surface area contributed by atoms with Crippen molar-refractivity contribution in [1.29, 1.82) is 0 Å². The molecule has 5 nitrogen and oxygen atoms in total. The van der Waals surface area contributed by atoms with Crippen LogP contribution in [-0.4, -0.2) is 22.5 Å². The number of hydrogen-bond acceptors (Lipinski definition) is 3. The lowest BCUT2D eigenvalue weighted by Crippen LogP contribution is -2.23. The van der Waals surface area contributed by atoms with E-state index in [2.05, 4.69) is 31.5 Å². The maximum atomic E-state index is 11.9. The minimum atomic E-state index is -0.291. The fraction of sp³-hybridized carbons (Fsp3) is 0.286. The van der Waals surface area contributed by atoms with E-state index in [1.807, 2.05) is 30.5 Å². The zero-order chi connectivity index (χ0) is 14.4. The summed E-state index contributed by atoms with van der Waals surface area (Å²) in [6.45, 7) is 4.00. The van der Waals surface area contributed by atoms with Gasteiger partial charge in [0.2, 0.25) is 5.91 Å². The summed E-state index contributed by atoms with van der Waals surface area (Å²) in [6, 6.07) is 3.67. The molecule has 2 heterocycles. The number of carbonyl (C=O) groups is 1. The molecule has 1 aliphatic rings. The average Bonchev–Trinajstić information content (AvgIpc) is 2.89. The number of hydrogen-bond donors (Lipinski definition) is 2. The Kier molecular flexibility index (Phi) is 3.14. The third kappa shape index (κ3) is 1.87. The fourth-order valence-corrected chi connectivity index (χ4v) is 3.04. The standard InChI is InChI=1S/C14H15BrN4O/c1-7-8(2)19(6-17-7)12-5-11-9(4-10(12)15)13(16-3)14(20)18-11/h4-6,13,16H,1-3H3,(H,18,20). The summed E-state index contributed by atoms with van der Waals surface area (Å²) < 4.78 is 2.95. The molecule has 0 fully saturated rings. The van der Waals surface area contributed by atoms with Gasteiger partial charge in [0, 0.05) is 21.4 Å². The molecular formula is C14H15BrN4O. The first-order chi connectivity index (χ1) is 9.52. The van der Waals surface area contributed by atoms with Crippen LogP contribution in [0.25, 0.3) is 5.69 Å². The van der Waals surface area contributed by atoms with Gasteiger partial charge in [0.05, 0.1) is 17.7 Å². The van der Waals surface area contributed by atoms with Crippen molar-refractivity contribution in [2.24, 2.45) is 0 Å². The van der Waals surface area contributed by atoms with E-state index in [-0.39, 0.29) is 11.9 Å². The van der Waals surface area contributed by atoms with Crippen LogP contribution in [0.1, 0.15) is 23.0 Å². The third-order valence-corrected chi connectivity index (χ3v) is 4.39. The van der Waals surface area contributed by atoms with Crippen LogP contribution in [0.15, 0.2) is 22.9 Å². The van der Waals surface area contributed by atoms with Gasteiger partial charge in [-0.05, 0) is 49.0 Å². The number of aromatic nitrogens is 2. The van der Waals surface area contributed by atoms with Crippen molar-refractivity contribution < 1.29 is 4.79 Å². The molecule has 0 bridgehead atoms. The molecule has 2 aromatic rings. The van der Waals surface area contributed by atoms with Gasteiger partial charge in [0.15, 0.2) is 0 Å². The molecule has 1 atom stereocenters. The van der Waals surface area contributed by atoms with Crippen LogP contribution in [0.5, 0.6) is 0 Å². The van der Waals surface area contributed by atoms with E-state index in [1.54, 1.807) is 13.4 Å². The Hall–Kier alpha value is -1.66. The number of rotatable bonds is 2. The van der Waals surface area contributed by atoms with Gasteiger partial charge in [0.25, 0.3) is 0 Å². The fourth-order valence-electron chi connectivity index (χ4n) is 2.48. The molecule has 0 spiro atoms. The van der Waals surface area contributed by atoms with Gasteiger partial charge >= 0.3 is 0 Å². The van der Waals surface area contributed by atoms with E-state index < -0.39 is 0 Å². The summed E-state index contributed by atoms with van der Waals surface area (Å²) in [5.74, 6) is -0.0231. The second kappa shape index (κ2) is 4.71. The number of imidazole rings is 1. The second-order valence-electron chi connectivity index (χ2n) is 4.89. The molecule has 20 heavy (non-hydrogen) atoms. The minimum absolute atomic E-state index is 0.0231. The van der Waals surface area contributed by atoms with Gasteiger partial charge in [-0.2, -0.15) is 0 Å². The quantitative estimate of drug-likeness (QED) is 0.886. The first-order valence-corrected chi connectivity index (χ1v) is 7.14. The molecule has 3 rings (SSSR count). The van der Waals surface area contributed by atoms with Gasteiger partial charge in [-0.15, -0.1) is 0 Å². The Balaban J connectivity index is 2.15. The van der Waals surface area contributed by atoms with Crippen molar-refractivity contribution in [3.63, 3.8) is 0 Å². The highest BCUT2D eigenvalue weighted by Crippen LogP contribution is 2.37. The van der Waals surface area contributed by atoms with Gasteiger partial charge in [-0.3, -0.25) is 4.79 Å². The highest BCUT2D eigenvalue weighted by Gasteiger charge is 2.30. The van der Waals surface area contributed by atoms with Crippen molar-refractivity contribution in [3.05, 3.63) is 39.9 Å². The number of amides is 1. The van der Waals surface area contributed by atoms with E-state index >= 15 is 0 Å². The molecule has 1 aromatic heterocycles. The van der Waals surface area contributed by atoms with Gasteiger partial charge < -0.3 is 15.2 Å². The largest absolute Gasteiger partial charge is 0.324 e. The van der Waals surface area contributed by atoms with Crippen LogP contribution >= 0.6 is 15.9 Å². The van der Waals surface area contributed by atoms with Crippen LogP contribution in [0, 0.1) is 13.8 Å². The predicted molar refractivity (Wildman–Crippen MR) is 81.2 cm³/mol. The van der Waals surface area contributed by atoms with E-state index in [0.29, 0.717) is 0 Å². The Morgan fingerprint density at radius 3 is 2.75 bits per heavy atom. The zero-order valence-corrected chi connectivity index (χ0v) is 13.1. The number of benzene rings is 1. The number of fused-ring (bicyclic) bond motifs is 1. The van der Waals surface area contributed by atoms with E-state index in [4.69, 9.17) is 0 Å². The van der Waals surface area contributed by atoms with Gasteiger partial charge in [-0.25, -0.2) is 4.98 Å². The maximum Gasteiger partial charge on any atom is 0.246 e. The Bertz CT molecular complexity index is 707. The molecule has 1 aromatic carbocycles. The molecule has 104 valence electrons. The smallest absolute Gasteiger partial charge is 0.246 e. The lowest BCUT2D eigenvalue weighted by atomic mass is 10.1. The van der Waals surface area contributed by atoms with Crippen molar-refractivity contribution >= 4 is 27.5 Å². The van der Waals surface area contributed by atoms with Crippen LogP contribution in [-0.2, 0) is 4.79 Å². The number of aryl methyl sites for hydroxylation is 1. The van der Waals surface area contributed by atoms with Crippen LogP contribution < -0.4 is 10.6 Å². The monoisotopic (exact) mass is 334 g/mol. The highest BCUT2D eigenvalue weighted by atomic mass is 79.9. The van der Waals surface area contributed by atoms with Crippen molar-refractivity contribution in [3.8, 4) is 5.69 Å². The summed E-state index contributed by atoms with van der Waals surface area (Å²) in [5, 5.41) is 5.93. The molecule has 0 saturated carbocycles. The minimum Gasteiger partial charge on any atom is -0.324 e. The maximum absolute atomic E-state index is 11.9. The SMILES string of the molecule is CNC1C(=O)Nc2cc(-n3cnc(C)c3C)c(Br)cc21. The molecule has 1 unspecified atom stereocenters. The van der Waals surface area contributed by atoms with E-state index in [1.165, 1.54) is 0 Å². The molecule has 1 amide bonds. The van der Waals surface area contributed by atoms with Crippen LogP contribution in [0.2, 0.25) is 0 Å². The van der Waals surface area contributed by atoms with Crippen molar-refractivity contribution in [2.75, 3.05) is 12.4 Å². The lowest BCUT2D eigenvalue weighted by Gasteiger charge is -2.12. The second-order valence-corrected chi connectivity index (χ2v) is 5.74. The number of halogens is 1. The lowest BCUT2D eigenvalue weighted by molar-refractivity contribution is -0.117.